The molecule has 0 amide bonds. The summed E-state index contributed by atoms with van der Waals surface area (Å²) in [6.45, 7) is 9.67. The maximum absolute atomic E-state index is 6.28. The van der Waals surface area contributed by atoms with Crippen LogP contribution in [-0.2, 0) is 0 Å². The molecule has 0 spiro atoms. The van der Waals surface area contributed by atoms with Gasteiger partial charge in [-0.25, -0.2) is 0 Å². The zero-order valence-electron chi connectivity index (χ0n) is 11.2. The van der Waals surface area contributed by atoms with Gasteiger partial charge in [-0.05, 0) is 43.9 Å². The van der Waals surface area contributed by atoms with E-state index in [9.17, 15) is 0 Å². The molecule has 2 heteroatoms. The van der Waals surface area contributed by atoms with E-state index in [2.05, 4.69) is 25.7 Å². The van der Waals surface area contributed by atoms with Crippen molar-refractivity contribution in [1.29, 1.82) is 0 Å². The summed E-state index contributed by atoms with van der Waals surface area (Å²) < 4.78 is 0. The van der Waals surface area contributed by atoms with Crippen molar-refractivity contribution in [3.05, 3.63) is 0 Å². The summed E-state index contributed by atoms with van der Waals surface area (Å²) in [5.74, 6) is 0.873. The standard InChI is InChI=1S/C14H28N2/c1-11-6-7-12(2)16(9-11)10-14(3)8-4-5-13(14)15/h11-13H,4-10,15H2,1-3H3. The van der Waals surface area contributed by atoms with Crippen LogP contribution in [0.25, 0.3) is 0 Å². The molecule has 1 heterocycles. The van der Waals surface area contributed by atoms with Gasteiger partial charge < -0.3 is 5.73 Å². The average molecular weight is 224 g/mol. The van der Waals surface area contributed by atoms with Crippen molar-refractivity contribution in [2.45, 2.75) is 65.0 Å². The van der Waals surface area contributed by atoms with Gasteiger partial charge in [-0.3, -0.25) is 4.90 Å². The number of rotatable bonds is 2. The van der Waals surface area contributed by atoms with Crippen molar-refractivity contribution in [2.75, 3.05) is 13.1 Å². The summed E-state index contributed by atoms with van der Waals surface area (Å²) in [7, 11) is 0. The van der Waals surface area contributed by atoms with Crippen LogP contribution in [-0.4, -0.2) is 30.1 Å². The third-order valence-electron chi connectivity index (χ3n) is 4.97. The fraction of sp³-hybridized carbons (Fsp3) is 1.00. The first-order valence-electron chi connectivity index (χ1n) is 7.01. The number of nitrogens with two attached hydrogens (primary N) is 1. The Hall–Kier alpha value is -0.0800. The topological polar surface area (TPSA) is 29.3 Å². The van der Waals surface area contributed by atoms with Crippen molar-refractivity contribution in [2.24, 2.45) is 17.1 Å². The second kappa shape index (κ2) is 4.66. The van der Waals surface area contributed by atoms with Gasteiger partial charge in [0.1, 0.15) is 0 Å². The first kappa shape index (κ1) is 12.4. The van der Waals surface area contributed by atoms with Gasteiger partial charge in [0.05, 0.1) is 0 Å². The molecule has 0 aromatic rings. The highest BCUT2D eigenvalue weighted by molar-refractivity contribution is 4.95. The minimum absolute atomic E-state index is 0.380. The molecule has 0 aromatic carbocycles. The quantitative estimate of drug-likeness (QED) is 0.781. The van der Waals surface area contributed by atoms with Crippen LogP contribution in [0, 0.1) is 11.3 Å². The molecule has 2 aliphatic rings. The van der Waals surface area contributed by atoms with E-state index in [-0.39, 0.29) is 0 Å². The Labute approximate surface area is 101 Å². The second-order valence-corrected chi connectivity index (χ2v) is 6.61. The molecular weight excluding hydrogens is 196 g/mol. The zero-order valence-corrected chi connectivity index (χ0v) is 11.2. The van der Waals surface area contributed by atoms with Gasteiger partial charge in [-0.2, -0.15) is 0 Å². The lowest BCUT2D eigenvalue weighted by Crippen LogP contribution is -2.50. The van der Waals surface area contributed by atoms with Crippen molar-refractivity contribution in [3.63, 3.8) is 0 Å². The minimum atomic E-state index is 0.380. The van der Waals surface area contributed by atoms with Gasteiger partial charge in [-0.15, -0.1) is 0 Å². The molecule has 4 atom stereocenters. The van der Waals surface area contributed by atoms with Gasteiger partial charge in [0.25, 0.3) is 0 Å². The van der Waals surface area contributed by atoms with E-state index in [4.69, 9.17) is 5.73 Å². The summed E-state index contributed by atoms with van der Waals surface area (Å²) in [6, 6.07) is 1.19. The van der Waals surface area contributed by atoms with Crippen LogP contribution in [0.4, 0.5) is 0 Å². The summed E-state index contributed by atoms with van der Waals surface area (Å²) >= 11 is 0. The third-order valence-corrected chi connectivity index (χ3v) is 4.97. The summed E-state index contributed by atoms with van der Waals surface area (Å²) in [6.07, 6.45) is 6.66. The van der Waals surface area contributed by atoms with Crippen molar-refractivity contribution >= 4 is 0 Å². The zero-order chi connectivity index (χ0) is 11.8. The van der Waals surface area contributed by atoms with Gasteiger partial charge >= 0.3 is 0 Å². The lowest BCUT2D eigenvalue weighted by atomic mass is 9.82. The van der Waals surface area contributed by atoms with E-state index in [0.717, 1.165) is 12.0 Å². The van der Waals surface area contributed by atoms with Crippen molar-refractivity contribution in [1.82, 2.24) is 4.90 Å². The highest BCUT2D eigenvalue weighted by atomic mass is 15.2. The van der Waals surface area contributed by atoms with Gasteiger partial charge in [-0.1, -0.05) is 20.3 Å². The predicted octanol–water partition coefficient (Wildman–Crippen LogP) is 2.62. The Morgan fingerprint density at radius 2 is 2.00 bits per heavy atom. The molecule has 1 aliphatic carbocycles. The molecule has 1 saturated heterocycles. The normalized spacial score (nSPS) is 46.1. The third kappa shape index (κ3) is 2.43. The van der Waals surface area contributed by atoms with Gasteiger partial charge in [0.2, 0.25) is 0 Å². The number of piperidine rings is 1. The molecule has 2 nitrogen and oxygen atoms in total. The fourth-order valence-corrected chi connectivity index (χ4v) is 3.52. The molecule has 2 N–H and O–H groups in total. The molecule has 0 bridgehead atoms. The second-order valence-electron chi connectivity index (χ2n) is 6.61. The highest BCUT2D eigenvalue weighted by Crippen LogP contribution is 2.38. The Morgan fingerprint density at radius 1 is 1.25 bits per heavy atom. The fourth-order valence-electron chi connectivity index (χ4n) is 3.52. The van der Waals surface area contributed by atoms with Crippen LogP contribution in [0.15, 0.2) is 0 Å². The average Bonchev–Trinajstić information content (AvgIpc) is 2.53. The Morgan fingerprint density at radius 3 is 2.62 bits per heavy atom. The molecular formula is C14H28N2. The molecule has 1 aliphatic heterocycles. The van der Waals surface area contributed by atoms with Crippen LogP contribution in [0.3, 0.4) is 0 Å². The molecule has 2 fully saturated rings. The van der Waals surface area contributed by atoms with E-state index < -0.39 is 0 Å². The Balaban J connectivity index is 1.97. The van der Waals surface area contributed by atoms with E-state index in [1.807, 2.05) is 0 Å². The van der Waals surface area contributed by atoms with E-state index in [1.54, 1.807) is 0 Å². The van der Waals surface area contributed by atoms with E-state index >= 15 is 0 Å². The van der Waals surface area contributed by atoms with Crippen molar-refractivity contribution in [3.8, 4) is 0 Å². The molecule has 0 aromatic heterocycles. The van der Waals surface area contributed by atoms with Crippen LogP contribution >= 0.6 is 0 Å². The lowest BCUT2D eigenvalue weighted by Gasteiger charge is -2.42. The first-order valence-corrected chi connectivity index (χ1v) is 7.01. The molecule has 4 unspecified atom stereocenters. The molecule has 94 valence electrons. The number of hydrogen-bond acceptors (Lipinski definition) is 2. The summed E-state index contributed by atoms with van der Waals surface area (Å²) in [5, 5.41) is 0. The van der Waals surface area contributed by atoms with Crippen LogP contribution in [0.2, 0.25) is 0 Å². The number of hydrogen-bond donors (Lipinski definition) is 1. The minimum Gasteiger partial charge on any atom is -0.327 e. The molecule has 0 radical (unpaired) electrons. The van der Waals surface area contributed by atoms with Crippen LogP contribution in [0.1, 0.15) is 52.9 Å². The SMILES string of the molecule is CC1CCC(C)N(CC2(C)CCCC2N)C1. The largest absolute Gasteiger partial charge is 0.327 e. The molecule has 1 saturated carbocycles. The monoisotopic (exact) mass is 224 g/mol. The molecule has 2 rings (SSSR count). The molecule has 16 heavy (non-hydrogen) atoms. The first-order chi connectivity index (χ1) is 7.51. The summed E-state index contributed by atoms with van der Waals surface area (Å²) in [4.78, 5) is 2.69. The van der Waals surface area contributed by atoms with Crippen molar-refractivity contribution < 1.29 is 0 Å². The highest BCUT2D eigenvalue weighted by Gasteiger charge is 2.39. The Bertz CT molecular complexity index is 241. The predicted molar refractivity (Wildman–Crippen MR) is 69.4 cm³/mol. The van der Waals surface area contributed by atoms with Crippen LogP contribution in [0.5, 0.6) is 0 Å². The maximum Gasteiger partial charge on any atom is 0.0105 e. The number of likely N-dealkylation sites (tertiary alicyclic amines) is 1. The smallest absolute Gasteiger partial charge is 0.0105 e. The Kier molecular flexibility index (Phi) is 3.60. The van der Waals surface area contributed by atoms with E-state index in [0.29, 0.717) is 11.5 Å². The maximum atomic E-state index is 6.28. The van der Waals surface area contributed by atoms with E-state index in [1.165, 1.54) is 45.2 Å². The van der Waals surface area contributed by atoms with Gasteiger partial charge in [0, 0.05) is 25.2 Å². The van der Waals surface area contributed by atoms with Crippen LogP contribution < -0.4 is 5.73 Å². The van der Waals surface area contributed by atoms with Gasteiger partial charge in [0.15, 0.2) is 0 Å². The number of nitrogens with zero attached hydrogens (tertiary/aromatic N) is 1. The lowest BCUT2D eigenvalue weighted by molar-refractivity contribution is 0.0693. The summed E-state index contributed by atoms with van der Waals surface area (Å²) in [5.41, 5.74) is 6.66.